The maximum atomic E-state index is 5.35. The molecule has 3 heteroatoms. The molecule has 1 N–H and O–H groups in total. The number of rotatable bonds is 4. The Labute approximate surface area is 95.8 Å². The van der Waals surface area contributed by atoms with Crippen LogP contribution in [0.3, 0.4) is 0 Å². The Bertz CT molecular complexity index is 388. The zero-order chi connectivity index (χ0) is 11.0. The highest BCUT2D eigenvalue weighted by atomic mass is 16.7. The summed E-state index contributed by atoms with van der Waals surface area (Å²) in [5.41, 5.74) is 1.12. The van der Waals surface area contributed by atoms with E-state index in [2.05, 4.69) is 18.3 Å². The highest BCUT2D eigenvalue weighted by molar-refractivity contribution is 5.55. The lowest BCUT2D eigenvalue weighted by atomic mass is 10.1. The Balaban J connectivity index is 1.64. The Hall–Kier alpha value is -1.38. The molecule has 16 heavy (non-hydrogen) atoms. The van der Waals surface area contributed by atoms with Gasteiger partial charge in [0.2, 0.25) is 6.79 Å². The first-order chi connectivity index (χ1) is 7.81. The van der Waals surface area contributed by atoms with Crippen LogP contribution in [0.15, 0.2) is 18.2 Å². The first-order valence-corrected chi connectivity index (χ1v) is 5.97. The molecule has 3 rings (SSSR count). The van der Waals surface area contributed by atoms with Crippen molar-refractivity contribution in [2.45, 2.75) is 32.2 Å². The molecular weight excluding hydrogens is 202 g/mol. The summed E-state index contributed by atoms with van der Waals surface area (Å²) in [6, 6.07) is 6.57. The van der Waals surface area contributed by atoms with E-state index in [4.69, 9.17) is 9.47 Å². The van der Waals surface area contributed by atoms with Crippen LogP contribution in [0.1, 0.15) is 26.2 Å². The summed E-state index contributed by atoms with van der Waals surface area (Å²) in [7, 11) is 0. The van der Waals surface area contributed by atoms with E-state index in [1.807, 2.05) is 12.1 Å². The largest absolute Gasteiger partial charge is 0.454 e. The zero-order valence-electron chi connectivity index (χ0n) is 9.53. The molecule has 0 amide bonds. The number of nitrogens with one attached hydrogen (secondary N) is 1. The molecule has 1 unspecified atom stereocenters. The third kappa shape index (κ3) is 2.08. The fourth-order valence-electron chi connectivity index (χ4n) is 2.18. The summed E-state index contributed by atoms with van der Waals surface area (Å²) in [6.45, 7) is 2.58. The molecule has 1 aromatic carbocycles. The maximum absolute atomic E-state index is 5.35. The molecule has 2 aliphatic rings. The van der Waals surface area contributed by atoms with Gasteiger partial charge in [0.1, 0.15) is 0 Å². The van der Waals surface area contributed by atoms with Crippen molar-refractivity contribution in [3.8, 4) is 11.5 Å². The van der Waals surface area contributed by atoms with Crippen molar-refractivity contribution in [3.63, 3.8) is 0 Å². The van der Waals surface area contributed by atoms with Crippen LogP contribution < -0.4 is 14.8 Å². The van der Waals surface area contributed by atoms with Crippen molar-refractivity contribution in [1.29, 1.82) is 0 Å². The van der Waals surface area contributed by atoms with Crippen molar-refractivity contribution in [1.82, 2.24) is 0 Å². The van der Waals surface area contributed by atoms with Crippen molar-refractivity contribution >= 4 is 5.69 Å². The molecule has 0 aromatic heterocycles. The molecular formula is C13H17NO2. The van der Waals surface area contributed by atoms with Gasteiger partial charge in [0.15, 0.2) is 11.5 Å². The third-order valence-electron chi connectivity index (χ3n) is 3.17. The van der Waals surface area contributed by atoms with Gasteiger partial charge in [-0.1, -0.05) is 12.8 Å². The summed E-state index contributed by atoms with van der Waals surface area (Å²) in [5, 5.41) is 3.51. The van der Waals surface area contributed by atoms with Crippen LogP contribution in [-0.2, 0) is 0 Å². The Morgan fingerprint density at radius 1 is 1.31 bits per heavy atom. The lowest BCUT2D eigenvalue weighted by molar-refractivity contribution is 0.174. The van der Waals surface area contributed by atoms with Crippen LogP contribution in [0.2, 0.25) is 0 Å². The molecule has 1 saturated carbocycles. The van der Waals surface area contributed by atoms with Crippen LogP contribution in [0.5, 0.6) is 11.5 Å². The second kappa shape index (κ2) is 3.89. The predicted octanol–water partition coefficient (Wildman–Crippen LogP) is 3.02. The number of anilines is 1. The van der Waals surface area contributed by atoms with E-state index in [1.54, 1.807) is 0 Å². The lowest BCUT2D eigenvalue weighted by Gasteiger charge is -2.14. The van der Waals surface area contributed by atoms with Gasteiger partial charge in [-0.25, -0.2) is 0 Å². The number of fused-ring (bicyclic) bond motifs is 1. The second-order valence-corrected chi connectivity index (χ2v) is 4.79. The SMILES string of the molecule is CC(CC1CC1)Nc1ccc2c(c1)OCO2. The molecule has 0 spiro atoms. The Kier molecular flexibility index (Phi) is 2.39. The summed E-state index contributed by atoms with van der Waals surface area (Å²) >= 11 is 0. The molecule has 1 aromatic rings. The van der Waals surface area contributed by atoms with Crippen molar-refractivity contribution in [2.24, 2.45) is 5.92 Å². The zero-order valence-corrected chi connectivity index (χ0v) is 9.53. The predicted molar refractivity (Wildman–Crippen MR) is 63.0 cm³/mol. The van der Waals surface area contributed by atoms with E-state index in [-0.39, 0.29) is 0 Å². The van der Waals surface area contributed by atoms with Crippen molar-refractivity contribution in [2.75, 3.05) is 12.1 Å². The van der Waals surface area contributed by atoms with Crippen LogP contribution in [0.4, 0.5) is 5.69 Å². The van der Waals surface area contributed by atoms with Gasteiger partial charge in [-0.15, -0.1) is 0 Å². The monoisotopic (exact) mass is 219 g/mol. The van der Waals surface area contributed by atoms with Crippen LogP contribution in [0.25, 0.3) is 0 Å². The highest BCUT2D eigenvalue weighted by Gasteiger charge is 2.23. The topological polar surface area (TPSA) is 30.5 Å². The van der Waals surface area contributed by atoms with Gasteiger partial charge < -0.3 is 14.8 Å². The molecule has 1 heterocycles. The number of benzene rings is 1. The van der Waals surface area contributed by atoms with Gasteiger partial charge in [0.25, 0.3) is 0 Å². The molecule has 86 valence electrons. The summed E-state index contributed by atoms with van der Waals surface area (Å²) in [4.78, 5) is 0. The molecule has 1 aliphatic heterocycles. The standard InChI is InChI=1S/C13H17NO2/c1-9(6-10-2-3-10)14-11-4-5-12-13(7-11)16-8-15-12/h4-5,7,9-10,14H,2-3,6,8H2,1H3. The van der Waals surface area contributed by atoms with E-state index in [0.29, 0.717) is 12.8 Å². The molecule has 0 saturated heterocycles. The average Bonchev–Trinajstić information content (AvgIpc) is 2.95. The fraction of sp³-hybridized carbons (Fsp3) is 0.538. The highest BCUT2D eigenvalue weighted by Crippen LogP contribution is 2.36. The van der Waals surface area contributed by atoms with E-state index in [0.717, 1.165) is 23.1 Å². The molecule has 1 aliphatic carbocycles. The molecule has 1 fully saturated rings. The molecule has 0 radical (unpaired) electrons. The van der Waals surface area contributed by atoms with Gasteiger partial charge in [0.05, 0.1) is 0 Å². The first kappa shape index (κ1) is 9.82. The first-order valence-electron chi connectivity index (χ1n) is 5.97. The summed E-state index contributed by atoms with van der Waals surface area (Å²) < 4.78 is 10.6. The van der Waals surface area contributed by atoms with Gasteiger partial charge >= 0.3 is 0 Å². The van der Waals surface area contributed by atoms with Crippen LogP contribution >= 0.6 is 0 Å². The van der Waals surface area contributed by atoms with Crippen LogP contribution in [0, 0.1) is 5.92 Å². The Morgan fingerprint density at radius 3 is 2.94 bits per heavy atom. The van der Waals surface area contributed by atoms with E-state index < -0.39 is 0 Å². The molecule has 3 nitrogen and oxygen atoms in total. The number of hydrogen-bond acceptors (Lipinski definition) is 3. The van der Waals surface area contributed by atoms with Gasteiger partial charge in [-0.05, 0) is 31.4 Å². The summed E-state index contributed by atoms with van der Waals surface area (Å²) in [6.07, 6.45) is 4.09. The Morgan fingerprint density at radius 2 is 2.12 bits per heavy atom. The number of hydrogen-bond donors (Lipinski definition) is 1. The minimum atomic E-state index is 0.344. The van der Waals surface area contributed by atoms with E-state index in [1.165, 1.54) is 19.3 Å². The second-order valence-electron chi connectivity index (χ2n) is 4.79. The van der Waals surface area contributed by atoms with Crippen LogP contribution in [-0.4, -0.2) is 12.8 Å². The smallest absolute Gasteiger partial charge is 0.231 e. The van der Waals surface area contributed by atoms with E-state index in [9.17, 15) is 0 Å². The van der Waals surface area contributed by atoms with Gasteiger partial charge in [0, 0.05) is 17.8 Å². The lowest BCUT2D eigenvalue weighted by Crippen LogP contribution is -2.15. The number of ether oxygens (including phenoxy) is 2. The van der Waals surface area contributed by atoms with Gasteiger partial charge in [-0.2, -0.15) is 0 Å². The summed E-state index contributed by atoms with van der Waals surface area (Å²) in [5.74, 6) is 2.65. The third-order valence-corrected chi connectivity index (χ3v) is 3.17. The van der Waals surface area contributed by atoms with Crippen molar-refractivity contribution < 1.29 is 9.47 Å². The fourth-order valence-corrected chi connectivity index (χ4v) is 2.18. The van der Waals surface area contributed by atoms with Gasteiger partial charge in [-0.3, -0.25) is 0 Å². The maximum Gasteiger partial charge on any atom is 0.231 e. The average molecular weight is 219 g/mol. The molecule has 0 bridgehead atoms. The minimum Gasteiger partial charge on any atom is -0.454 e. The molecule has 1 atom stereocenters. The quantitative estimate of drug-likeness (QED) is 0.844. The van der Waals surface area contributed by atoms with Crippen molar-refractivity contribution in [3.05, 3.63) is 18.2 Å². The minimum absolute atomic E-state index is 0.344. The normalized spacial score (nSPS) is 19.6. The van der Waals surface area contributed by atoms with E-state index >= 15 is 0 Å².